The third-order valence-corrected chi connectivity index (χ3v) is 5.27. The van der Waals surface area contributed by atoms with Crippen molar-refractivity contribution in [3.8, 4) is 0 Å². The lowest BCUT2D eigenvalue weighted by Crippen LogP contribution is -2.33. The number of aryl methyl sites for hydroxylation is 1. The topological polar surface area (TPSA) is 58.1 Å². The van der Waals surface area contributed by atoms with Crippen LogP contribution in [0.4, 0.5) is 11.5 Å². The maximum atomic E-state index is 12.5. The molecule has 0 atom stereocenters. The molecule has 0 aliphatic carbocycles. The predicted octanol–water partition coefficient (Wildman–Crippen LogP) is 4.43. The molecular formula is C22H24N4O. The summed E-state index contributed by atoms with van der Waals surface area (Å²) >= 11 is 0. The van der Waals surface area contributed by atoms with Crippen molar-refractivity contribution in [2.75, 3.05) is 23.3 Å². The van der Waals surface area contributed by atoms with Gasteiger partial charge in [-0.05, 0) is 56.0 Å². The number of hydrogen-bond donors (Lipinski definition) is 1. The second-order valence-corrected chi connectivity index (χ2v) is 7.42. The minimum Gasteiger partial charge on any atom is -0.356 e. The van der Waals surface area contributed by atoms with Gasteiger partial charge in [0, 0.05) is 29.7 Å². The van der Waals surface area contributed by atoms with E-state index >= 15 is 0 Å². The predicted molar refractivity (Wildman–Crippen MR) is 109 cm³/mol. The van der Waals surface area contributed by atoms with Gasteiger partial charge in [0.25, 0.3) is 5.91 Å². The summed E-state index contributed by atoms with van der Waals surface area (Å²) in [5, 5.41) is 3.99. The van der Waals surface area contributed by atoms with Crippen LogP contribution in [-0.4, -0.2) is 29.0 Å². The van der Waals surface area contributed by atoms with Gasteiger partial charge in [0.1, 0.15) is 12.1 Å². The maximum Gasteiger partial charge on any atom is 0.255 e. The maximum absolute atomic E-state index is 12.5. The van der Waals surface area contributed by atoms with E-state index in [1.807, 2.05) is 49.4 Å². The molecule has 1 saturated heterocycles. The van der Waals surface area contributed by atoms with Crippen LogP contribution in [0.25, 0.3) is 10.9 Å². The number of rotatable bonds is 3. The van der Waals surface area contributed by atoms with Gasteiger partial charge in [-0.15, -0.1) is 0 Å². The molecule has 0 bridgehead atoms. The van der Waals surface area contributed by atoms with E-state index in [-0.39, 0.29) is 5.91 Å². The monoisotopic (exact) mass is 360 g/mol. The molecular weight excluding hydrogens is 336 g/mol. The van der Waals surface area contributed by atoms with Crippen LogP contribution in [-0.2, 0) is 0 Å². The van der Waals surface area contributed by atoms with Crippen LogP contribution in [0.3, 0.4) is 0 Å². The summed E-state index contributed by atoms with van der Waals surface area (Å²) in [5.74, 6) is 1.65. The Hall–Kier alpha value is -2.95. The van der Waals surface area contributed by atoms with Gasteiger partial charge in [-0.1, -0.05) is 24.6 Å². The van der Waals surface area contributed by atoms with E-state index in [1.54, 1.807) is 6.33 Å². The molecule has 2 heterocycles. The highest BCUT2D eigenvalue weighted by molar-refractivity contribution is 6.05. The van der Waals surface area contributed by atoms with Crippen LogP contribution < -0.4 is 10.2 Å². The summed E-state index contributed by atoms with van der Waals surface area (Å²) in [5.41, 5.74) is 3.37. The highest BCUT2D eigenvalue weighted by atomic mass is 16.1. The molecule has 0 saturated carbocycles. The highest BCUT2D eigenvalue weighted by Gasteiger charge is 2.19. The number of hydrogen-bond acceptors (Lipinski definition) is 4. The second-order valence-electron chi connectivity index (χ2n) is 7.42. The first-order chi connectivity index (χ1) is 13.1. The van der Waals surface area contributed by atoms with Crippen LogP contribution in [0.1, 0.15) is 35.7 Å². The van der Waals surface area contributed by atoms with Crippen molar-refractivity contribution in [1.82, 2.24) is 9.97 Å². The van der Waals surface area contributed by atoms with Crippen LogP contribution >= 0.6 is 0 Å². The summed E-state index contributed by atoms with van der Waals surface area (Å²) in [7, 11) is 0. The fourth-order valence-electron chi connectivity index (χ4n) is 3.50. The molecule has 0 radical (unpaired) electrons. The Balaban J connectivity index is 1.57. The number of benzene rings is 2. The van der Waals surface area contributed by atoms with Crippen molar-refractivity contribution in [1.29, 1.82) is 0 Å². The van der Waals surface area contributed by atoms with Gasteiger partial charge >= 0.3 is 0 Å². The first-order valence-corrected chi connectivity index (χ1v) is 9.48. The highest BCUT2D eigenvalue weighted by Crippen LogP contribution is 2.28. The third-order valence-electron chi connectivity index (χ3n) is 5.27. The number of piperidine rings is 1. The average Bonchev–Trinajstić information content (AvgIpc) is 2.68. The van der Waals surface area contributed by atoms with Crippen LogP contribution in [0.5, 0.6) is 0 Å². The van der Waals surface area contributed by atoms with E-state index in [0.29, 0.717) is 5.56 Å². The summed E-state index contributed by atoms with van der Waals surface area (Å²) in [6.45, 7) is 6.36. The van der Waals surface area contributed by atoms with Gasteiger partial charge < -0.3 is 10.2 Å². The summed E-state index contributed by atoms with van der Waals surface area (Å²) < 4.78 is 0. The van der Waals surface area contributed by atoms with E-state index in [1.165, 1.54) is 12.8 Å². The lowest BCUT2D eigenvalue weighted by molar-refractivity contribution is 0.102. The summed E-state index contributed by atoms with van der Waals surface area (Å²) in [6.07, 6.45) is 3.99. The molecule has 27 heavy (non-hydrogen) atoms. The van der Waals surface area contributed by atoms with E-state index in [0.717, 1.165) is 47.0 Å². The molecule has 1 N–H and O–H groups in total. The summed E-state index contributed by atoms with van der Waals surface area (Å²) in [4.78, 5) is 23.7. The van der Waals surface area contributed by atoms with Gasteiger partial charge in [-0.2, -0.15) is 0 Å². The Kier molecular flexibility index (Phi) is 4.75. The number of nitrogens with one attached hydrogen (secondary N) is 1. The Morgan fingerprint density at radius 1 is 1.07 bits per heavy atom. The van der Waals surface area contributed by atoms with E-state index in [2.05, 4.69) is 27.1 Å². The smallest absolute Gasteiger partial charge is 0.255 e. The number of nitrogens with zero attached hydrogens (tertiary/aromatic N) is 3. The molecule has 1 fully saturated rings. The molecule has 5 nitrogen and oxygen atoms in total. The molecule has 2 aromatic carbocycles. The number of anilines is 2. The molecule has 1 aliphatic heterocycles. The van der Waals surface area contributed by atoms with E-state index < -0.39 is 0 Å². The molecule has 3 aromatic rings. The lowest BCUT2D eigenvalue weighted by atomic mass is 9.99. The molecule has 0 unspecified atom stereocenters. The Morgan fingerprint density at radius 2 is 1.81 bits per heavy atom. The van der Waals surface area contributed by atoms with Crippen LogP contribution in [0.15, 0.2) is 48.8 Å². The molecule has 0 spiro atoms. The number of fused-ring (bicyclic) bond motifs is 1. The molecule has 138 valence electrons. The fraction of sp³-hybridized carbons (Fsp3) is 0.318. The van der Waals surface area contributed by atoms with Gasteiger partial charge in [0.05, 0.1) is 5.52 Å². The average molecular weight is 360 g/mol. The van der Waals surface area contributed by atoms with Gasteiger partial charge in [0.15, 0.2) is 0 Å². The van der Waals surface area contributed by atoms with Gasteiger partial charge in [-0.25, -0.2) is 9.97 Å². The SMILES string of the molecule is Cc1ccc(C(=O)Nc2ccc3c(N4CCC(C)CC4)ncnc3c2)cc1. The first kappa shape index (κ1) is 17.5. The zero-order valence-corrected chi connectivity index (χ0v) is 15.8. The Bertz CT molecular complexity index is 960. The van der Waals surface area contributed by atoms with Crippen molar-refractivity contribution >= 4 is 28.3 Å². The number of aromatic nitrogens is 2. The van der Waals surface area contributed by atoms with Crippen molar-refractivity contribution in [3.63, 3.8) is 0 Å². The number of carbonyl (C=O) groups is 1. The molecule has 5 heteroatoms. The standard InChI is InChI=1S/C22H24N4O/c1-15-3-5-17(6-4-15)22(27)25-18-7-8-19-20(13-18)23-14-24-21(19)26-11-9-16(2)10-12-26/h3-8,13-14,16H,9-12H2,1-2H3,(H,25,27). The molecule has 1 amide bonds. The van der Waals surface area contributed by atoms with Gasteiger partial charge in [-0.3, -0.25) is 4.79 Å². The Labute approximate surface area is 159 Å². The molecule has 1 aromatic heterocycles. The molecule has 1 aliphatic rings. The minimum atomic E-state index is -0.117. The Morgan fingerprint density at radius 3 is 2.56 bits per heavy atom. The van der Waals surface area contributed by atoms with Crippen molar-refractivity contribution < 1.29 is 4.79 Å². The normalized spacial score (nSPS) is 15.1. The van der Waals surface area contributed by atoms with Crippen molar-refractivity contribution in [2.45, 2.75) is 26.7 Å². The summed E-state index contributed by atoms with van der Waals surface area (Å²) in [6, 6.07) is 13.4. The molecule has 4 rings (SSSR count). The van der Waals surface area contributed by atoms with E-state index in [4.69, 9.17) is 0 Å². The van der Waals surface area contributed by atoms with E-state index in [9.17, 15) is 4.79 Å². The minimum absolute atomic E-state index is 0.117. The zero-order valence-electron chi connectivity index (χ0n) is 15.8. The lowest BCUT2D eigenvalue weighted by Gasteiger charge is -2.31. The second kappa shape index (κ2) is 7.35. The quantitative estimate of drug-likeness (QED) is 0.751. The number of carbonyl (C=O) groups excluding carboxylic acids is 1. The van der Waals surface area contributed by atoms with Gasteiger partial charge in [0.2, 0.25) is 0 Å². The van der Waals surface area contributed by atoms with Crippen molar-refractivity contribution in [2.24, 2.45) is 5.92 Å². The van der Waals surface area contributed by atoms with Crippen molar-refractivity contribution in [3.05, 3.63) is 59.9 Å². The zero-order chi connectivity index (χ0) is 18.8. The third kappa shape index (κ3) is 3.77. The largest absolute Gasteiger partial charge is 0.356 e. The fourth-order valence-corrected chi connectivity index (χ4v) is 3.50. The number of amides is 1. The van der Waals surface area contributed by atoms with Crippen LogP contribution in [0.2, 0.25) is 0 Å². The van der Waals surface area contributed by atoms with Crippen LogP contribution in [0, 0.1) is 12.8 Å². The first-order valence-electron chi connectivity index (χ1n) is 9.48.